The summed E-state index contributed by atoms with van der Waals surface area (Å²) in [4.78, 5) is 21.2. The molecule has 0 aliphatic carbocycles. The summed E-state index contributed by atoms with van der Waals surface area (Å²) in [5.74, 6) is 1.04. The Labute approximate surface area is 191 Å². The highest BCUT2D eigenvalue weighted by Gasteiger charge is 2.14. The van der Waals surface area contributed by atoms with Gasteiger partial charge in [0.1, 0.15) is 17.5 Å². The van der Waals surface area contributed by atoms with Crippen molar-refractivity contribution in [2.75, 3.05) is 0 Å². The molecule has 9 nitrogen and oxygen atoms in total. The second-order valence-electron chi connectivity index (χ2n) is 7.86. The van der Waals surface area contributed by atoms with Crippen molar-refractivity contribution < 1.29 is 9.84 Å². The largest absolute Gasteiger partial charge is 0.485 e. The fourth-order valence-electron chi connectivity index (χ4n) is 3.41. The van der Waals surface area contributed by atoms with Crippen LogP contribution in [-0.4, -0.2) is 46.8 Å². The second kappa shape index (κ2) is 9.74. The maximum Gasteiger partial charge on any atom is 0.203 e. The van der Waals surface area contributed by atoms with Gasteiger partial charge in [0.15, 0.2) is 11.6 Å². The van der Waals surface area contributed by atoms with Gasteiger partial charge in [-0.05, 0) is 25.0 Å². The number of rotatable bonds is 8. The first-order valence-electron chi connectivity index (χ1n) is 10.8. The highest BCUT2D eigenvalue weighted by molar-refractivity contribution is 5.56. The number of ether oxygens (including phenoxy) is 1. The molecule has 0 radical (unpaired) electrons. The van der Waals surface area contributed by atoms with E-state index in [-0.39, 0.29) is 11.5 Å². The maximum absolute atomic E-state index is 12.4. The van der Waals surface area contributed by atoms with E-state index in [1.165, 1.54) is 6.07 Å². The Bertz CT molecular complexity index is 1280. The lowest BCUT2D eigenvalue weighted by atomic mass is 10.1. The van der Waals surface area contributed by atoms with Crippen LogP contribution in [-0.2, 0) is 13.5 Å². The van der Waals surface area contributed by atoms with E-state index in [0.717, 1.165) is 16.8 Å². The highest BCUT2D eigenvalue weighted by atomic mass is 16.5. The Balaban J connectivity index is 1.52. The fourth-order valence-corrected chi connectivity index (χ4v) is 3.41. The minimum absolute atomic E-state index is 0.123. The first-order chi connectivity index (χ1) is 15.9. The van der Waals surface area contributed by atoms with Gasteiger partial charge < -0.3 is 9.84 Å². The summed E-state index contributed by atoms with van der Waals surface area (Å²) >= 11 is 0. The zero-order chi connectivity index (χ0) is 23.4. The van der Waals surface area contributed by atoms with Crippen LogP contribution in [0.1, 0.15) is 31.5 Å². The molecule has 9 heteroatoms. The van der Waals surface area contributed by atoms with Crippen molar-refractivity contribution in [1.82, 2.24) is 29.5 Å². The van der Waals surface area contributed by atoms with E-state index in [2.05, 4.69) is 20.2 Å². The Hall–Kier alpha value is -3.85. The van der Waals surface area contributed by atoms with Crippen LogP contribution in [0.25, 0.3) is 17.1 Å². The summed E-state index contributed by atoms with van der Waals surface area (Å²) in [6.45, 7) is 3.71. The van der Waals surface area contributed by atoms with E-state index in [0.29, 0.717) is 30.1 Å². The number of aliphatic hydroxyl groups excluding tert-OH is 1. The smallest absolute Gasteiger partial charge is 0.203 e. The van der Waals surface area contributed by atoms with Gasteiger partial charge in [-0.15, -0.1) is 0 Å². The molecule has 170 valence electrons. The molecule has 4 aromatic rings. The molecular weight excluding hydrogens is 420 g/mol. The SMILES string of the molecule is CC[C@H](O)[C@H](C)Oc1cnc(-c2cccc(Cc3nn(-c4cnn(C)c4)ccc3=O)c2)nc1. The molecule has 0 saturated heterocycles. The van der Waals surface area contributed by atoms with Crippen molar-refractivity contribution >= 4 is 0 Å². The fraction of sp³-hybridized carbons (Fsp3) is 0.292. The number of nitrogens with zero attached hydrogens (tertiary/aromatic N) is 6. The van der Waals surface area contributed by atoms with Gasteiger partial charge in [-0.1, -0.05) is 25.1 Å². The number of aryl methyl sites for hydroxylation is 1. The molecule has 3 aromatic heterocycles. The molecular formula is C24H26N6O3. The Kier molecular flexibility index (Phi) is 6.60. The lowest BCUT2D eigenvalue weighted by Gasteiger charge is -2.18. The van der Waals surface area contributed by atoms with Gasteiger partial charge in [0.25, 0.3) is 0 Å². The lowest BCUT2D eigenvalue weighted by molar-refractivity contribution is 0.0447. The molecule has 0 aliphatic heterocycles. The van der Waals surface area contributed by atoms with Gasteiger partial charge in [-0.2, -0.15) is 10.2 Å². The van der Waals surface area contributed by atoms with Crippen LogP contribution in [0.3, 0.4) is 0 Å². The predicted molar refractivity (Wildman–Crippen MR) is 123 cm³/mol. The van der Waals surface area contributed by atoms with Gasteiger partial charge in [0.05, 0.1) is 30.9 Å². The third-order valence-corrected chi connectivity index (χ3v) is 5.30. The van der Waals surface area contributed by atoms with E-state index < -0.39 is 6.10 Å². The van der Waals surface area contributed by atoms with E-state index in [9.17, 15) is 9.90 Å². The van der Waals surface area contributed by atoms with Gasteiger partial charge in [-0.3, -0.25) is 9.48 Å². The van der Waals surface area contributed by atoms with Gasteiger partial charge in [0.2, 0.25) is 5.43 Å². The number of hydrogen-bond acceptors (Lipinski definition) is 7. The molecule has 0 spiro atoms. The van der Waals surface area contributed by atoms with Crippen LogP contribution < -0.4 is 10.2 Å². The molecule has 2 atom stereocenters. The topological polar surface area (TPSA) is 108 Å². The standard InChI is InChI=1S/C24H26N6O3/c1-4-22(31)16(2)33-20-13-25-24(26-14-20)18-7-5-6-17(10-18)11-21-23(32)8-9-30(28-21)19-12-27-29(3)15-19/h5-10,12-16,22,31H,4,11H2,1-3H3/t16-,22-/m0/s1. The minimum Gasteiger partial charge on any atom is -0.485 e. The number of benzene rings is 1. The van der Waals surface area contributed by atoms with Crippen molar-refractivity contribution in [3.63, 3.8) is 0 Å². The highest BCUT2D eigenvalue weighted by Crippen LogP contribution is 2.20. The van der Waals surface area contributed by atoms with Crippen LogP contribution >= 0.6 is 0 Å². The zero-order valence-electron chi connectivity index (χ0n) is 18.8. The average molecular weight is 447 g/mol. The van der Waals surface area contributed by atoms with E-state index >= 15 is 0 Å². The van der Waals surface area contributed by atoms with Crippen molar-refractivity contribution in [1.29, 1.82) is 0 Å². The molecule has 0 saturated carbocycles. The summed E-state index contributed by atoms with van der Waals surface area (Å²) in [7, 11) is 1.83. The molecule has 0 fully saturated rings. The summed E-state index contributed by atoms with van der Waals surface area (Å²) < 4.78 is 9.02. The zero-order valence-corrected chi connectivity index (χ0v) is 18.8. The first-order valence-corrected chi connectivity index (χ1v) is 10.8. The van der Waals surface area contributed by atoms with E-state index in [1.807, 2.05) is 51.4 Å². The third kappa shape index (κ3) is 5.32. The molecule has 1 N–H and O–H groups in total. The van der Waals surface area contributed by atoms with Crippen molar-refractivity contribution in [3.8, 4) is 22.8 Å². The molecule has 3 heterocycles. The molecule has 0 amide bonds. The van der Waals surface area contributed by atoms with Crippen molar-refractivity contribution in [3.05, 3.63) is 82.8 Å². The predicted octanol–water partition coefficient (Wildman–Crippen LogP) is 2.55. The summed E-state index contributed by atoms with van der Waals surface area (Å²) in [6, 6.07) is 9.21. The Morgan fingerprint density at radius 2 is 1.94 bits per heavy atom. The molecule has 0 aliphatic rings. The maximum atomic E-state index is 12.4. The molecule has 0 unspecified atom stereocenters. The van der Waals surface area contributed by atoms with Crippen molar-refractivity contribution in [2.24, 2.45) is 7.05 Å². The van der Waals surface area contributed by atoms with Crippen molar-refractivity contribution in [2.45, 2.75) is 38.9 Å². The van der Waals surface area contributed by atoms with Crippen LogP contribution in [0, 0.1) is 0 Å². The average Bonchev–Trinajstić information content (AvgIpc) is 3.27. The monoisotopic (exact) mass is 446 g/mol. The van der Waals surface area contributed by atoms with Gasteiger partial charge >= 0.3 is 0 Å². The number of hydrogen-bond donors (Lipinski definition) is 1. The van der Waals surface area contributed by atoms with Crippen LogP contribution in [0.2, 0.25) is 0 Å². The normalized spacial score (nSPS) is 13.0. The van der Waals surface area contributed by atoms with E-state index in [4.69, 9.17) is 4.74 Å². The third-order valence-electron chi connectivity index (χ3n) is 5.30. The summed E-state index contributed by atoms with van der Waals surface area (Å²) in [5.41, 5.74) is 2.84. The Morgan fingerprint density at radius 1 is 1.15 bits per heavy atom. The molecule has 1 aromatic carbocycles. The minimum atomic E-state index is -0.546. The van der Waals surface area contributed by atoms with Crippen LogP contribution in [0.4, 0.5) is 0 Å². The molecule has 33 heavy (non-hydrogen) atoms. The number of aliphatic hydroxyl groups is 1. The summed E-state index contributed by atoms with van der Waals surface area (Å²) in [5, 5.41) is 18.5. The quantitative estimate of drug-likeness (QED) is 0.443. The lowest BCUT2D eigenvalue weighted by Crippen LogP contribution is -2.27. The van der Waals surface area contributed by atoms with E-state index in [1.54, 1.807) is 34.2 Å². The summed E-state index contributed by atoms with van der Waals surface area (Å²) in [6.07, 6.45) is 8.44. The molecule has 0 bridgehead atoms. The molecule has 4 rings (SSSR count). The first kappa shape index (κ1) is 22.3. The Morgan fingerprint density at radius 3 is 2.64 bits per heavy atom. The van der Waals surface area contributed by atoms with Crippen LogP contribution in [0.15, 0.2) is 66.1 Å². The van der Waals surface area contributed by atoms with Gasteiger partial charge in [0, 0.05) is 31.3 Å². The van der Waals surface area contributed by atoms with Crippen LogP contribution in [0.5, 0.6) is 5.75 Å². The number of aromatic nitrogens is 6. The van der Waals surface area contributed by atoms with Gasteiger partial charge in [-0.25, -0.2) is 14.6 Å². The second-order valence-corrected chi connectivity index (χ2v) is 7.86.